The third-order valence-electron chi connectivity index (χ3n) is 5.68. The predicted molar refractivity (Wildman–Crippen MR) is 137 cm³/mol. The van der Waals surface area contributed by atoms with E-state index in [9.17, 15) is 9.59 Å². The fraction of sp³-hybridized carbons (Fsp3) is 0.231. The molecule has 3 aromatic carbocycles. The zero-order chi connectivity index (χ0) is 23.9. The number of amides is 3. The molecule has 7 nitrogen and oxygen atoms in total. The maximum absolute atomic E-state index is 13.3. The largest absolute Gasteiger partial charge is 0.324 e. The summed E-state index contributed by atoms with van der Waals surface area (Å²) < 4.78 is 0. The van der Waals surface area contributed by atoms with Crippen LogP contribution in [0.3, 0.4) is 0 Å². The summed E-state index contributed by atoms with van der Waals surface area (Å²) in [6.45, 7) is 3.97. The highest BCUT2D eigenvalue weighted by molar-refractivity contribution is 6.30. The van der Waals surface area contributed by atoms with Crippen LogP contribution in [0.25, 0.3) is 0 Å². The van der Waals surface area contributed by atoms with E-state index in [0.717, 1.165) is 29.9 Å². The molecule has 0 bridgehead atoms. The van der Waals surface area contributed by atoms with Gasteiger partial charge in [-0.05, 0) is 79.4 Å². The van der Waals surface area contributed by atoms with E-state index in [4.69, 9.17) is 11.6 Å². The first-order chi connectivity index (χ1) is 16.5. The van der Waals surface area contributed by atoms with Crippen molar-refractivity contribution in [3.05, 3.63) is 88.9 Å². The van der Waals surface area contributed by atoms with Gasteiger partial charge in [0.1, 0.15) is 6.04 Å². The Hall–Kier alpha value is -3.55. The number of nitrogens with one attached hydrogen (secondary N) is 4. The Morgan fingerprint density at radius 2 is 1.41 bits per heavy atom. The van der Waals surface area contributed by atoms with Gasteiger partial charge >= 0.3 is 6.03 Å². The highest BCUT2D eigenvalue weighted by Gasteiger charge is 2.24. The van der Waals surface area contributed by atoms with E-state index in [0.29, 0.717) is 16.4 Å². The fourth-order valence-electron chi connectivity index (χ4n) is 3.88. The molecule has 1 unspecified atom stereocenters. The van der Waals surface area contributed by atoms with Crippen LogP contribution in [0.5, 0.6) is 0 Å². The van der Waals surface area contributed by atoms with Gasteiger partial charge in [0, 0.05) is 35.2 Å². The molecule has 1 heterocycles. The van der Waals surface area contributed by atoms with Crippen molar-refractivity contribution >= 4 is 40.6 Å². The summed E-state index contributed by atoms with van der Waals surface area (Å²) >= 11 is 5.91. The molecule has 1 aliphatic heterocycles. The Morgan fingerprint density at radius 3 is 2.09 bits per heavy atom. The third-order valence-corrected chi connectivity index (χ3v) is 5.94. The van der Waals surface area contributed by atoms with E-state index >= 15 is 0 Å². The topological polar surface area (TPSA) is 85.5 Å². The number of anilines is 3. The van der Waals surface area contributed by atoms with Crippen LogP contribution in [0.1, 0.15) is 30.0 Å². The molecule has 176 valence electrons. The second-order valence-electron chi connectivity index (χ2n) is 8.27. The molecule has 1 atom stereocenters. The Bertz CT molecular complexity index is 1130. The Morgan fingerprint density at radius 1 is 0.824 bits per heavy atom. The predicted octanol–water partition coefficient (Wildman–Crippen LogP) is 5.57. The van der Waals surface area contributed by atoms with Crippen LogP contribution < -0.4 is 21.4 Å². The van der Waals surface area contributed by atoms with E-state index in [1.807, 2.05) is 55.5 Å². The zero-order valence-electron chi connectivity index (χ0n) is 19.0. The van der Waals surface area contributed by atoms with Crippen molar-refractivity contribution in [2.75, 3.05) is 29.1 Å². The van der Waals surface area contributed by atoms with E-state index in [1.165, 1.54) is 12.8 Å². The number of hydrogen-bond donors (Lipinski definition) is 4. The van der Waals surface area contributed by atoms with Crippen LogP contribution in [0.4, 0.5) is 21.9 Å². The minimum absolute atomic E-state index is 0.333. The fourth-order valence-corrected chi connectivity index (χ4v) is 4.01. The van der Waals surface area contributed by atoms with Gasteiger partial charge in [0.25, 0.3) is 5.91 Å². The first-order valence-corrected chi connectivity index (χ1v) is 11.7. The molecule has 1 fully saturated rings. The third kappa shape index (κ3) is 6.27. The number of hydrogen-bond acceptors (Lipinski definition) is 4. The SMILES string of the molecule is Cc1ccccc1C(NC(=O)Nc1ccc(Cl)cc1)C(=O)Nc1ccc(NN2CCCC2)cc1. The van der Waals surface area contributed by atoms with Gasteiger partial charge in [-0.1, -0.05) is 35.9 Å². The van der Waals surface area contributed by atoms with Gasteiger partial charge in [0.2, 0.25) is 0 Å². The Kier molecular flexibility index (Phi) is 7.67. The average Bonchev–Trinajstić information content (AvgIpc) is 3.34. The number of hydrazine groups is 1. The average molecular weight is 478 g/mol. The molecule has 0 saturated carbocycles. The second kappa shape index (κ2) is 11.0. The minimum Gasteiger partial charge on any atom is -0.324 e. The van der Waals surface area contributed by atoms with E-state index in [1.54, 1.807) is 24.3 Å². The van der Waals surface area contributed by atoms with Crippen molar-refractivity contribution in [2.45, 2.75) is 25.8 Å². The quantitative estimate of drug-likeness (QED) is 0.358. The molecular formula is C26H28ClN5O2. The summed E-state index contributed by atoms with van der Waals surface area (Å²) in [5, 5.41) is 11.2. The van der Waals surface area contributed by atoms with Gasteiger partial charge in [-0.25, -0.2) is 9.80 Å². The number of halogens is 1. The van der Waals surface area contributed by atoms with Crippen molar-refractivity contribution in [1.82, 2.24) is 10.3 Å². The monoisotopic (exact) mass is 477 g/mol. The van der Waals surface area contributed by atoms with Crippen molar-refractivity contribution in [3.8, 4) is 0 Å². The molecule has 1 aliphatic rings. The van der Waals surface area contributed by atoms with Crippen molar-refractivity contribution in [2.24, 2.45) is 0 Å². The summed E-state index contributed by atoms with van der Waals surface area (Å²) in [6.07, 6.45) is 2.39. The molecule has 8 heteroatoms. The van der Waals surface area contributed by atoms with Crippen LogP contribution in [0, 0.1) is 6.92 Å². The normalized spacial score (nSPS) is 14.3. The molecule has 0 aliphatic carbocycles. The maximum atomic E-state index is 13.3. The molecule has 0 aromatic heterocycles. The van der Waals surface area contributed by atoms with Gasteiger partial charge in [0.15, 0.2) is 0 Å². The molecule has 4 rings (SSSR count). The van der Waals surface area contributed by atoms with Gasteiger partial charge in [-0.2, -0.15) is 0 Å². The van der Waals surface area contributed by atoms with Gasteiger partial charge in [0.05, 0.1) is 0 Å². The second-order valence-corrected chi connectivity index (χ2v) is 8.70. The number of rotatable bonds is 7. The zero-order valence-corrected chi connectivity index (χ0v) is 19.7. The number of aryl methyl sites for hydroxylation is 1. The van der Waals surface area contributed by atoms with Gasteiger partial charge in [-0.15, -0.1) is 0 Å². The summed E-state index contributed by atoms with van der Waals surface area (Å²) in [7, 11) is 0. The summed E-state index contributed by atoms with van der Waals surface area (Å²) in [6, 6.07) is 20.4. The van der Waals surface area contributed by atoms with Crippen LogP contribution in [0.15, 0.2) is 72.8 Å². The summed E-state index contributed by atoms with van der Waals surface area (Å²) in [4.78, 5) is 26.0. The van der Waals surface area contributed by atoms with Crippen molar-refractivity contribution in [1.29, 1.82) is 0 Å². The van der Waals surface area contributed by atoms with E-state index in [2.05, 4.69) is 26.4 Å². The number of carbonyl (C=O) groups is 2. The van der Waals surface area contributed by atoms with E-state index in [-0.39, 0.29) is 5.91 Å². The number of urea groups is 1. The number of carbonyl (C=O) groups excluding carboxylic acids is 2. The lowest BCUT2D eigenvalue weighted by molar-refractivity contribution is -0.118. The Balaban J connectivity index is 1.45. The smallest absolute Gasteiger partial charge is 0.320 e. The van der Waals surface area contributed by atoms with Crippen LogP contribution in [-0.4, -0.2) is 30.0 Å². The molecular weight excluding hydrogens is 450 g/mol. The van der Waals surface area contributed by atoms with Crippen LogP contribution in [0.2, 0.25) is 5.02 Å². The summed E-state index contributed by atoms with van der Waals surface area (Å²) in [5.41, 5.74) is 7.19. The minimum atomic E-state index is -0.879. The van der Waals surface area contributed by atoms with Crippen LogP contribution in [-0.2, 0) is 4.79 Å². The highest BCUT2D eigenvalue weighted by Crippen LogP contribution is 2.22. The molecule has 3 aromatic rings. The van der Waals surface area contributed by atoms with Gasteiger partial charge < -0.3 is 21.4 Å². The maximum Gasteiger partial charge on any atom is 0.320 e. The lowest BCUT2D eigenvalue weighted by atomic mass is 10.0. The number of nitrogens with zero attached hydrogens (tertiary/aromatic N) is 1. The molecule has 4 N–H and O–H groups in total. The van der Waals surface area contributed by atoms with Crippen molar-refractivity contribution < 1.29 is 9.59 Å². The molecule has 0 spiro atoms. The molecule has 1 saturated heterocycles. The number of benzene rings is 3. The summed E-state index contributed by atoms with van der Waals surface area (Å²) in [5.74, 6) is -0.333. The van der Waals surface area contributed by atoms with Crippen molar-refractivity contribution in [3.63, 3.8) is 0 Å². The van der Waals surface area contributed by atoms with E-state index < -0.39 is 12.1 Å². The molecule has 0 radical (unpaired) electrons. The standard InChI is InChI=1S/C26H28ClN5O2/c1-18-6-2-3-7-23(18)24(30-26(34)29-21-10-8-19(27)9-11-21)25(33)28-20-12-14-22(15-13-20)31-32-16-4-5-17-32/h2-3,6-15,24,31H,4-5,16-17H2,1H3,(H,28,33)(H2,29,30,34). The van der Waals surface area contributed by atoms with Crippen LogP contribution >= 0.6 is 11.6 Å². The first kappa shape index (κ1) is 23.6. The lowest BCUT2D eigenvalue weighted by Gasteiger charge is -2.21. The molecule has 3 amide bonds. The lowest BCUT2D eigenvalue weighted by Crippen LogP contribution is -2.39. The Labute approximate surface area is 204 Å². The first-order valence-electron chi connectivity index (χ1n) is 11.3. The molecule has 34 heavy (non-hydrogen) atoms. The van der Waals surface area contributed by atoms with Gasteiger partial charge in [-0.3, -0.25) is 4.79 Å². The highest BCUT2D eigenvalue weighted by atomic mass is 35.5.